The van der Waals surface area contributed by atoms with E-state index in [0.717, 1.165) is 25.1 Å². The molecule has 1 aromatic heterocycles. The number of halogens is 1. The highest BCUT2D eigenvalue weighted by atomic mass is 35.5. The van der Waals surface area contributed by atoms with Crippen LogP contribution in [0.25, 0.3) is 0 Å². The fourth-order valence-corrected chi connectivity index (χ4v) is 2.13. The number of ether oxygens (including phenoxy) is 1. The summed E-state index contributed by atoms with van der Waals surface area (Å²) in [5.41, 5.74) is 0. The van der Waals surface area contributed by atoms with Crippen molar-refractivity contribution in [3.63, 3.8) is 0 Å². The number of nitrogens with zero attached hydrogens (tertiary/aromatic N) is 2. The fraction of sp³-hybridized carbons (Fsp3) is 0.538. The van der Waals surface area contributed by atoms with Crippen LogP contribution >= 0.6 is 11.6 Å². The maximum Gasteiger partial charge on any atom is 0.158 e. The van der Waals surface area contributed by atoms with E-state index in [1.54, 1.807) is 6.07 Å². The van der Waals surface area contributed by atoms with Gasteiger partial charge in [-0.25, -0.2) is 9.97 Å². The van der Waals surface area contributed by atoms with Crippen molar-refractivity contribution >= 4 is 17.4 Å². The molecule has 2 rings (SSSR count). The zero-order valence-corrected chi connectivity index (χ0v) is 11.3. The number of hydrogen-bond acceptors (Lipinski definition) is 4. The van der Waals surface area contributed by atoms with E-state index in [-0.39, 0.29) is 0 Å². The Hall–Kier alpha value is -1.13. The largest absolute Gasteiger partial charge is 0.374 e. The van der Waals surface area contributed by atoms with Gasteiger partial charge in [0.25, 0.3) is 0 Å². The fourth-order valence-electron chi connectivity index (χ4n) is 1.93. The van der Waals surface area contributed by atoms with Crippen LogP contribution in [0.2, 0.25) is 5.15 Å². The van der Waals surface area contributed by atoms with Crippen LogP contribution in [0.15, 0.2) is 18.2 Å². The minimum Gasteiger partial charge on any atom is -0.374 e. The van der Waals surface area contributed by atoms with E-state index in [0.29, 0.717) is 30.2 Å². The van der Waals surface area contributed by atoms with Crippen LogP contribution in [0.1, 0.15) is 32.0 Å². The van der Waals surface area contributed by atoms with Gasteiger partial charge in [0.1, 0.15) is 17.6 Å². The van der Waals surface area contributed by atoms with Crippen LogP contribution in [0.3, 0.4) is 0 Å². The summed E-state index contributed by atoms with van der Waals surface area (Å²) in [4.78, 5) is 8.55. The van der Waals surface area contributed by atoms with E-state index in [1.807, 2.05) is 6.92 Å². The lowest BCUT2D eigenvalue weighted by molar-refractivity contribution is 0.128. The molecule has 1 aliphatic rings. The highest BCUT2D eigenvalue weighted by Crippen LogP contribution is 2.18. The molecule has 1 aliphatic carbocycles. The topological polar surface area (TPSA) is 47.0 Å². The zero-order chi connectivity index (χ0) is 12.8. The van der Waals surface area contributed by atoms with Gasteiger partial charge in [-0.15, -0.1) is 0 Å². The van der Waals surface area contributed by atoms with Crippen molar-refractivity contribution in [3.05, 3.63) is 29.2 Å². The minimum absolute atomic E-state index is 0.399. The van der Waals surface area contributed by atoms with Gasteiger partial charge in [-0.3, -0.25) is 0 Å². The van der Waals surface area contributed by atoms with Crippen LogP contribution in [0, 0.1) is 0 Å². The first-order valence-corrected chi connectivity index (χ1v) is 6.68. The summed E-state index contributed by atoms with van der Waals surface area (Å²) in [7, 11) is 0. The summed E-state index contributed by atoms with van der Waals surface area (Å²) >= 11 is 5.99. The molecule has 1 atom stereocenters. The highest BCUT2D eigenvalue weighted by Gasteiger charge is 2.11. The molecular formula is C13H18ClN3O. The number of nitrogens with one attached hydrogen (secondary N) is 1. The van der Waals surface area contributed by atoms with Crippen molar-refractivity contribution in [2.24, 2.45) is 0 Å². The molecule has 1 unspecified atom stereocenters. The van der Waals surface area contributed by atoms with E-state index >= 15 is 0 Å². The van der Waals surface area contributed by atoms with Gasteiger partial charge in [-0.05, 0) is 26.2 Å². The zero-order valence-electron chi connectivity index (χ0n) is 10.5. The SMILES string of the molecule is CCOCc1nc(Cl)cc(NC2CC=CCC2)n1. The van der Waals surface area contributed by atoms with Crippen LogP contribution in [0.5, 0.6) is 0 Å². The Morgan fingerprint density at radius 1 is 1.44 bits per heavy atom. The van der Waals surface area contributed by atoms with Gasteiger partial charge >= 0.3 is 0 Å². The smallest absolute Gasteiger partial charge is 0.158 e. The molecule has 0 spiro atoms. The van der Waals surface area contributed by atoms with Gasteiger partial charge in [0, 0.05) is 18.7 Å². The van der Waals surface area contributed by atoms with Crippen LogP contribution in [0.4, 0.5) is 5.82 Å². The van der Waals surface area contributed by atoms with E-state index < -0.39 is 0 Å². The molecule has 0 saturated heterocycles. The summed E-state index contributed by atoms with van der Waals surface area (Å²) in [6, 6.07) is 2.19. The van der Waals surface area contributed by atoms with Gasteiger partial charge in [0.05, 0.1) is 0 Å². The molecule has 1 N–H and O–H groups in total. The molecule has 0 saturated carbocycles. The minimum atomic E-state index is 0.399. The van der Waals surface area contributed by atoms with Gasteiger partial charge < -0.3 is 10.1 Å². The molecular weight excluding hydrogens is 250 g/mol. The van der Waals surface area contributed by atoms with E-state index in [1.165, 1.54) is 0 Å². The van der Waals surface area contributed by atoms with Crippen molar-refractivity contribution in [2.75, 3.05) is 11.9 Å². The second-order valence-corrected chi connectivity index (χ2v) is 4.64. The maximum absolute atomic E-state index is 5.99. The third-order valence-electron chi connectivity index (χ3n) is 2.80. The van der Waals surface area contributed by atoms with Crippen molar-refractivity contribution in [2.45, 2.75) is 38.8 Å². The molecule has 0 amide bonds. The molecule has 0 bridgehead atoms. The van der Waals surface area contributed by atoms with E-state index in [2.05, 4.69) is 27.4 Å². The Morgan fingerprint density at radius 2 is 2.33 bits per heavy atom. The van der Waals surface area contributed by atoms with E-state index in [4.69, 9.17) is 16.3 Å². The van der Waals surface area contributed by atoms with Gasteiger partial charge in [0.15, 0.2) is 5.82 Å². The Bertz CT molecular complexity index is 423. The molecule has 0 aliphatic heterocycles. The summed E-state index contributed by atoms with van der Waals surface area (Å²) < 4.78 is 5.30. The van der Waals surface area contributed by atoms with Crippen LogP contribution in [-0.4, -0.2) is 22.6 Å². The Labute approximate surface area is 112 Å². The summed E-state index contributed by atoms with van der Waals surface area (Å²) in [6.07, 6.45) is 7.68. The second-order valence-electron chi connectivity index (χ2n) is 4.25. The first kappa shape index (κ1) is 13.3. The molecule has 1 heterocycles. The maximum atomic E-state index is 5.99. The van der Waals surface area contributed by atoms with Crippen molar-refractivity contribution in [1.82, 2.24) is 9.97 Å². The molecule has 0 radical (unpaired) electrons. The number of anilines is 1. The van der Waals surface area contributed by atoms with Crippen LogP contribution < -0.4 is 5.32 Å². The van der Waals surface area contributed by atoms with Gasteiger partial charge in [0.2, 0.25) is 0 Å². The summed E-state index contributed by atoms with van der Waals surface area (Å²) in [5.74, 6) is 1.41. The summed E-state index contributed by atoms with van der Waals surface area (Å²) in [6.45, 7) is 2.99. The lowest BCUT2D eigenvalue weighted by Gasteiger charge is -2.20. The van der Waals surface area contributed by atoms with Gasteiger partial charge in [-0.1, -0.05) is 23.8 Å². The molecule has 1 aromatic rings. The second kappa shape index (κ2) is 6.71. The van der Waals surface area contributed by atoms with Crippen molar-refractivity contribution in [3.8, 4) is 0 Å². The molecule has 98 valence electrons. The molecule has 0 fully saturated rings. The lowest BCUT2D eigenvalue weighted by atomic mass is 10.0. The predicted octanol–water partition coefficient (Wildman–Crippen LogP) is 3.19. The Kier molecular flexibility index (Phi) is 4.96. The standard InChI is InChI=1S/C13H18ClN3O/c1-2-18-9-13-16-11(14)8-12(17-13)15-10-6-4-3-5-7-10/h3-4,8,10H,2,5-7,9H2,1H3,(H,15,16,17). The van der Waals surface area contributed by atoms with Crippen molar-refractivity contribution < 1.29 is 4.74 Å². The third kappa shape index (κ3) is 3.96. The third-order valence-corrected chi connectivity index (χ3v) is 2.99. The molecule has 4 nitrogen and oxygen atoms in total. The molecule has 0 aromatic carbocycles. The van der Waals surface area contributed by atoms with Gasteiger partial charge in [-0.2, -0.15) is 0 Å². The average Bonchev–Trinajstić information content (AvgIpc) is 2.37. The Morgan fingerprint density at radius 3 is 3.06 bits per heavy atom. The van der Waals surface area contributed by atoms with Crippen molar-refractivity contribution in [1.29, 1.82) is 0 Å². The lowest BCUT2D eigenvalue weighted by Crippen LogP contribution is -2.21. The summed E-state index contributed by atoms with van der Waals surface area (Å²) in [5, 5.41) is 3.85. The Balaban J connectivity index is 2.02. The highest BCUT2D eigenvalue weighted by molar-refractivity contribution is 6.29. The number of aromatic nitrogens is 2. The molecule has 18 heavy (non-hydrogen) atoms. The average molecular weight is 268 g/mol. The number of rotatable bonds is 5. The normalized spacial score (nSPS) is 18.9. The van der Waals surface area contributed by atoms with E-state index in [9.17, 15) is 0 Å². The quantitative estimate of drug-likeness (QED) is 0.657. The first-order chi connectivity index (χ1) is 8.78. The number of allylic oxidation sites excluding steroid dienone is 1. The number of hydrogen-bond donors (Lipinski definition) is 1. The monoisotopic (exact) mass is 267 g/mol. The predicted molar refractivity (Wildman–Crippen MR) is 72.8 cm³/mol. The van der Waals surface area contributed by atoms with Crippen LogP contribution in [-0.2, 0) is 11.3 Å². The molecule has 5 heteroatoms. The first-order valence-electron chi connectivity index (χ1n) is 6.30.